The van der Waals surface area contributed by atoms with Gasteiger partial charge in [-0.25, -0.2) is 8.42 Å². The summed E-state index contributed by atoms with van der Waals surface area (Å²) >= 11 is 1.22. The Morgan fingerprint density at radius 1 is 1.22 bits per heavy atom. The molecule has 5 nitrogen and oxygen atoms in total. The van der Waals surface area contributed by atoms with Gasteiger partial charge >= 0.3 is 0 Å². The quantitative estimate of drug-likeness (QED) is 0.902. The number of carbonyl (C=O) groups is 1. The SMILES string of the molecule is CC1CCCCC1NC(=O)c1sccc1S(=O)(=O)N1CCCC1. The maximum atomic E-state index is 12.7. The molecule has 0 spiro atoms. The summed E-state index contributed by atoms with van der Waals surface area (Å²) in [6.45, 7) is 3.26. The van der Waals surface area contributed by atoms with E-state index in [9.17, 15) is 13.2 Å². The number of carbonyl (C=O) groups excluding carboxylic acids is 1. The van der Waals surface area contributed by atoms with Gasteiger partial charge in [0.1, 0.15) is 9.77 Å². The van der Waals surface area contributed by atoms with Crippen molar-refractivity contribution in [1.29, 1.82) is 0 Å². The molecule has 23 heavy (non-hydrogen) atoms. The fraction of sp³-hybridized carbons (Fsp3) is 0.688. The van der Waals surface area contributed by atoms with Crippen LogP contribution in [0.15, 0.2) is 16.3 Å². The molecule has 128 valence electrons. The van der Waals surface area contributed by atoms with Crippen LogP contribution in [-0.4, -0.2) is 37.8 Å². The second-order valence-corrected chi connectivity index (χ2v) is 9.39. The maximum Gasteiger partial charge on any atom is 0.262 e. The fourth-order valence-electron chi connectivity index (χ4n) is 3.50. The van der Waals surface area contributed by atoms with Gasteiger partial charge in [-0.05, 0) is 43.0 Å². The van der Waals surface area contributed by atoms with E-state index in [0.29, 0.717) is 23.9 Å². The Bertz CT molecular complexity index is 663. The predicted molar refractivity (Wildman–Crippen MR) is 91.2 cm³/mol. The van der Waals surface area contributed by atoms with Crippen molar-refractivity contribution in [1.82, 2.24) is 9.62 Å². The number of rotatable bonds is 4. The number of nitrogens with zero attached hydrogens (tertiary/aromatic N) is 1. The summed E-state index contributed by atoms with van der Waals surface area (Å²) in [6.07, 6.45) is 6.22. The Morgan fingerprint density at radius 2 is 1.91 bits per heavy atom. The van der Waals surface area contributed by atoms with Gasteiger partial charge in [-0.3, -0.25) is 4.79 Å². The normalized spacial score (nSPS) is 26.3. The molecule has 1 aliphatic carbocycles. The van der Waals surface area contributed by atoms with Crippen molar-refractivity contribution in [2.75, 3.05) is 13.1 Å². The van der Waals surface area contributed by atoms with Crippen molar-refractivity contribution < 1.29 is 13.2 Å². The van der Waals surface area contributed by atoms with Crippen molar-refractivity contribution in [3.8, 4) is 0 Å². The second-order valence-electron chi connectivity index (χ2n) is 6.57. The highest BCUT2D eigenvalue weighted by molar-refractivity contribution is 7.89. The van der Waals surface area contributed by atoms with Gasteiger partial charge in [0, 0.05) is 19.1 Å². The van der Waals surface area contributed by atoms with E-state index >= 15 is 0 Å². The molecule has 2 fully saturated rings. The Labute approximate surface area is 142 Å². The average Bonchev–Trinajstić information content (AvgIpc) is 3.21. The van der Waals surface area contributed by atoms with Gasteiger partial charge in [0.05, 0.1) is 0 Å². The molecule has 1 amide bonds. The highest BCUT2D eigenvalue weighted by Gasteiger charge is 2.33. The monoisotopic (exact) mass is 356 g/mol. The van der Waals surface area contributed by atoms with E-state index in [-0.39, 0.29) is 16.8 Å². The first kappa shape index (κ1) is 16.9. The summed E-state index contributed by atoms with van der Waals surface area (Å²) in [5.41, 5.74) is 0. The fourth-order valence-corrected chi connectivity index (χ4v) is 6.32. The molecule has 2 aliphatic rings. The van der Waals surface area contributed by atoms with E-state index in [4.69, 9.17) is 0 Å². The second kappa shape index (κ2) is 6.91. The molecule has 1 aliphatic heterocycles. The maximum absolute atomic E-state index is 12.7. The van der Waals surface area contributed by atoms with Gasteiger partial charge in [0.25, 0.3) is 5.91 Å². The van der Waals surface area contributed by atoms with Crippen LogP contribution in [0.1, 0.15) is 55.1 Å². The molecule has 0 aromatic carbocycles. The van der Waals surface area contributed by atoms with Crippen molar-refractivity contribution in [2.24, 2.45) is 5.92 Å². The van der Waals surface area contributed by atoms with Crippen molar-refractivity contribution in [3.05, 3.63) is 16.3 Å². The Balaban J connectivity index is 1.78. The summed E-state index contributed by atoms with van der Waals surface area (Å²) in [7, 11) is -3.54. The smallest absolute Gasteiger partial charge is 0.262 e. The lowest BCUT2D eigenvalue weighted by Gasteiger charge is -2.29. The molecule has 7 heteroatoms. The summed E-state index contributed by atoms with van der Waals surface area (Å²) in [4.78, 5) is 13.1. The van der Waals surface area contributed by atoms with E-state index in [1.165, 1.54) is 22.1 Å². The molecule has 1 aromatic rings. The molecule has 2 unspecified atom stereocenters. The van der Waals surface area contributed by atoms with Gasteiger partial charge in [-0.2, -0.15) is 4.31 Å². The van der Waals surface area contributed by atoms with Gasteiger partial charge in [0.15, 0.2) is 0 Å². The molecule has 0 radical (unpaired) electrons. The van der Waals surface area contributed by atoms with Crippen LogP contribution < -0.4 is 5.32 Å². The zero-order chi connectivity index (χ0) is 16.4. The Hall–Kier alpha value is -0.920. The lowest BCUT2D eigenvalue weighted by Crippen LogP contribution is -2.41. The number of hydrogen-bond acceptors (Lipinski definition) is 4. The topological polar surface area (TPSA) is 66.5 Å². The highest BCUT2D eigenvalue weighted by atomic mass is 32.2. The molecular weight excluding hydrogens is 332 g/mol. The standard InChI is InChI=1S/C16H24N2O3S2/c1-12-6-2-3-7-13(12)17-16(19)15-14(8-11-22-15)23(20,21)18-9-4-5-10-18/h8,11-13H,2-7,9-10H2,1H3,(H,17,19). The van der Waals surface area contributed by atoms with Crippen LogP contribution in [-0.2, 0) is 10.0 Å². The van der Waals surface area contributed by atoms with Crippen molar-refractivity contribution in [3.63, 3.8) is 0 Å². The third-order valence-corrected chi connectivity index (χ3v) is 7.93. The number of amides is 1. The van der Waals surface area contributed by atoms with E-state index in [0.717, 1.165) is 32.1 Å². The van der Waals surface area contributed by atoms with Crippen LogP contribution in [0, 0.1) is 5.92 Å². The van der Waals surface area contributed by atoms with E-state index in [2.05, 4.69) is 12.2 Å². The van der Waals surface area contributed by atoms with Crippen molar-refractivity contribution in [2.45, 2.75) is 56.4 Å². The zero-order valence-corrected chi connectivity index (χ0v) is 15.1. The summed E-state index contributed by atoms with van der Waals surface area (Å²) in [5, 5.41) is 4.76. The zero-order valence-electron chi connectivity index (χ0n) is 13.5. The van der Waals surface area contributed by atoms with Crippen LogP contribution in [0.5, 0.6) is 0 Å². The summed E-state index contributed by atoms with van der Waals surface area (Å²) in [6, 6.07) is 1.72. The molecule has 1 N–H and O–H groups in total. The Kier molecular flexibility index (Phi) is 5.08. The number of hydrogen-bond donors (Lipinski definition) is 1. The lowest BCUT2D eigenvalue weighted by molar-refractivity contribution is 0.0911. The first-order chi connectivity index (χ1) is 11.0. The summed E-state index contributed by atoms with van der Waals surface area (Å²) in [5.74, 6) is 0.211. The molecular formula is C16H24N2O3S2. The molecule has 3 rings (SSSR count). The molecule has 0 bridgehead atoms. The van der Waals surface area contributed by atoms with E-state index in [1.807, 2.05) is 0 Å². The first-order valence-corrected chi connectivity index (χ1v) is 10.7. The number of thiophene rings is 1. The van der Waals surface area contributed by atoms with Crippen LogP contribution in [0.25, 0.3) is 0 Å². The molecule has 1 saturated carbocycles. The minimum atomic E-state index is -3.54. The average molecular weight is 357 g/mol. The number of sulfonamides is 1. The van der Waals surface area contributed by atoms with Gasteiger partial charge in [0.2, 0.25) is 10.0 Å². The van der Waals surface area contributed by atoms with Crippen LogP contribution >= 0.6 is 11.3 Å². The largest absolute Gasteiger partial charge is 0.348 e. The molecule has 2 heterocycles. The van der Waals surface area contributed by atoms with Crippen LogP contribution in [0.3, 0.4) is 0 Å². The third kappa shape index (κ3) is 3.46. The Morgan fingerprint density at radius 3 is 2.61 bits per heavy atom. The number of nitrogens with one attached hydrogen (secondary N) is 1. The lowest BCUT2D eigenvalue weighted by atomic mass is 9.86. The third-order valence-electron chi connectivity index (χ3n) is 4.95. The minimum absolute atomic E-state index is 0.153. The predicted octanol–water partition coefficient (Wildman–Crippen LogP) is 2.84. The van der Waals surface area contributed by atoms with Gasteiger partial charge < -0.3 is 5.32 Å². The molecule has 1 saturated heterocycles. The van der Waals surface area contributed by atoms with Crippen LogP contribution in [0.4, 0.5) is 0 Å². The van der Waals surface area contributed by atoms with Crippen LogP contribution in [0.2, 0.25) is 0 Å². The molecule has 2 atom stereocenters. The van der Waals surface area contributed by atoms with E-state index < -0.39 is 10.0 Å². The van der Waals surface area contributed by atoms with Gasteiger partial charge in [-0.1, -0.05) is 19.8 Å². The first-order valence-electron chi connectivity index (χ1n) is 8.38. The van der Waals surface area contributed by atoms with Crippen molar-refractivity contribution >= 4 is 27.3 Å². The highest BCUT2D eigenvalue weighted by Crippen LogP contribution is 2.29. The minimum Gasteiger partial charge on any atom is -0.348 e. The summed E-state index contributed by atoms with van der Waals surface area (Å²) < 4.78 is 27.0. The molecule has 1 aromatic heterocycles. The van der Waals surface area contributed by atoms with E-state index in [1.54, 1.807) is 11.4 Å². The van der Waals surface area contributed by atoms with Gasteiger partial charge in [-0.15, -0.1) is 11.3 Å².